The van der Waals surface area contributed by atoms with E-state index in [1.807, 2.05) is 12.1 Å². The molecule has 1 aromatic carbocycles. The van der Waals surface area contributed by atoms with Gasteiger partial charge in [-0.15, -0.1) is 0 Å². The fourth-order valence-electron chi connectivity index (χ4n) is 2.96. The first-order valence-electron chi connectivity index (χ1n) is 7.99. The van der Waals surface area contributed by atoms with Gasteiger partial charge in [0.15, 0.2) is 0 Å². The molecule has 1 heterocycles. The van der Waals surface area contributed by atoms with Crippen molar-refractivity contribution in [3.8, 4) is 0 Å². The molecule has 1 amide bonds. The third-order valence-electron chi connectivity index (χ3n) is 5.00. The molecule has 4 nitrogen and oxygen atoms in total. The van der Waals surface area contributed by atoms with Crippen molar-refractivity contribution >= 4 is 17.3 Å². The number of nitrogens with zero attached hydrogens (tertiary/aromatic N) is 1. The number of piperidine rings is 1. The second-order valence-electron chi connectivity index (χ2n) is 6.66. The van der Waals surface area contributed by atoms with Crippen LogP contribution in [0.15, 0.2) is 24.3 Å². The maximum atomic E-state index is 12.1. The van der Waals surface area contributed by atoms with Crippen LogP contribution in [-0.2, 0) is 4.79 Å². The molecular formula is C17H25N3O. The molecule has 21 heavy (non-hydrogen) atoms. The molecule has 3 rings (SSSR count). The number of anilines is 2. The van der Waals surface area contributed by atoms with Gasteiger partial charge in [-0.1, -0.05) is 6.92 Å². The largest absolute Gasteiger partial charge is 0.372 e. The van der Waals surface area contributed by atoms with Gasteiger partial charge < -0.3 is 16.0 Å². The Morgan fingerprint density at radius 1 is 1.29 bits per heavy atom. The van der Waals surface area contributed by atoms with Crippen LogP contribution in [0.3, 0.4) is 0 Å². The molecule has 3 N–H and O–H groups in total. The van der Waals surface area contributed by atoms with Gasteiger partial charge >= 0.3 is 0 Å². The highest BCUT2D eigenvalue weighted by Crippen LogP contribution is 2.45. The lowest BCUT2D eigenvalue weighted by Crippen LogP contribution is -2.32. The Morgan fingerprint density at radius 3 is 2.43 bits per heavy atom. The van der Waals surface area contributed by atoms with Gasteiger partial charge in [-0.3, -0.25) is 4.79 Å². The fourth-order valence-corrected chi connectivity index (χ4v) is 2.96. The van der Waals surface area contributed by atoms with Crippen LogP contribution in [0.25, 0.3) is 0 Å². The molecule has 4 heteroatoms. The average molecular weight is 287 g/mol. The average Bonchev–Trinajstić information content (AvgIpc) is 3.30. The predicted octanol–water partition coefficient (Wildman–Crippen LogP) is 2.60. The molecular weight excluding hydrogens is 262 g/mol. The molecule has 0 aromatic heterocycles. The van der Waals surface area contributed by atoms with Crippen LogP contribution in [0.2, 0.25) is 0 Å². The van der Waals surface area contributed by atoms with E-state index in [-0.39, 0.29) is 11.3 Å². The number of nitrogens with one attached hydrogen (secondary N) is 1. The molecule has 0 unspecified atom stereocenters. The first kappa shape index (κ1) is 14.4. The number of hydrogen-bond acceptors (Lipinski definition) is 3. The van der Waals surface area contributed by atoms with Gasteiger partial charge in [-0.05, 0) is 55.9 Å². The van der Waals surface area contributed by atoms with Crippen molar-refractivity contribution in [2.24, 2.45) is 17.1 Å². The smallest absolute Gasteiger partial charge is 0.231 e. The van der Waals surface area contributed by atoms with Crippen LogP contribution in [0.5, 0.6) is 0 Å². The van der Waals surface area contributed by atoms with E-state index in [9.17, 15) is 4.79 Å². The van der Waals surface area contributed by atoms with Crippen LogP contribution in [0.4, 0.5) is 11.4 Å². The maximum Gasteiger partial charge on any atom is 0.231 e. The van der Waals surface area contributed by atoms with E-state index in [2.05, 4.69) is 29.3 Å². The molecule has 1 aliphatic heterocycles. The van der Waals surface area contributed by atoms with Crippen molar-refractivity contribution in [2.45, 2.75) is 32.6 Å². The van der Waals surface area contributed by atoms with E-state index >= 15 is 0 Å². The van der Waals surface area contributed by atoms with E-state index < -0.39 is 0 Å². The summed E-state index contributed by atoms with van der Waals surface area (Å²) >= 11 is 0. The van der Waals surface area contributed by atoms with Gasteiger partial charge in [-0.25, -0.2) is 0 Å². The molecule has 2 aliphatic rings. The molecule has 1 aliphatic carbocycles. The van der Waals surface area contributed by atoms with Gasteiger partial charge in [0.2, 0.25) is 5.91 Å². The summed E-state index contributed by atoms with van der Waals surface area (Å²) in [4.78, 5) is 14.6. The first-order valence-corrected chi connectivity index (χ1v) is 7.99. The molecule has 2 fully saturated rings. The van der Waals surface area contributed by atoms with Crippen LogP contribution in [0, 0.1) is 11.3 Å². The summed E-state index contributed by atoms with van der Waals surface area (Å²) in [6.45, 7) is 5.02. The second kappa shape index (κ2) is 5.68. The third kappa shape index (κ3) is 3.05. The standard InChI is InChI=1S/C17H25N3O/c1-13-6-10-20(11-7-13)15-4-2-14(3-5-15)19-16(21)17(12-18)8-9-17/h2-5,13H,6-12,18H2,1H3,(H,19,21). The number of hydrogen-bond donors (Lipinski definition) is 2. The summed E-state index contributed by atoms with van der Waals surface area (Å²) in [5, 5.41) is 3.00. The Labute approximate surface area is 126 Å². The summed E-state index contributed by atoms with van der Waals surface area (Å²) in [5.41, 5.74) is 7.52. The number of carbonyl (C=O) groups excluding carboxylic acids is 1. The van der Waals surface area contributed by atoms with Crippen LogP contribution in [0.1, 0.15) is 32.6 Å². The van der Waals surface area contributed by atoms with E-state index in [1.54, 1.807) is 0 Å². The number of rotatable bonds is 4. The fraction of sp³-hybridized carbons (Fsp3) is 0.588. The Morgan fingerprint density at radius 2 is 1.90 bits per heavy atom. The molecule has 1 saturated carbocycles. The van der Waals surface area contributed by atoms with Gasteiger partial charge in [0.05, 0.1) is 5.41 Å². The first-order chi connectivity index (χ1) is 10.1. The lowest BCUT2D eigenvalue weighted by Gasteiger charge is -2.32. The predicted molar refractivity (Wildman–Crippen MR) is 86.4 cm³/mol. The van der Waals surface area contributed by atoms with E-state index in [1.165, 1.54) is 18.5 Å². The van der Waals surface area contributed by atoms with Gasteiger partial charge in [0.1, 0.15) is 0 Å². The number of carbonyl (C=O) groups is 1. The monoisotopic (exact) mass is 287 g/mol. The van der Waals surface area contributed by atoms with E-state index in [4.69, 9.17) is 5.73 Å². The van der Waals surface area contributed by atoms with E-state index in [0.29, 0.717) is 6.54 Å². The maximum absolute atomic E-state index is 12.1. The number of nitrogens with two attached hydrogens (primary N) is 1. The van der Waals surface area contributed by atoms with Crippen LogP contribution < -0.4 is 16.0 Å². The van der Waals surface area contributed by atoms with Crippen molar-refractivity contribution in [1.29, 1.82) is 0 Å². The van der Waals surface area contributed by atoms with Gasteiger partial charge in [0, 0.05) is 31.0 Å². The minimum Gasteiger partial charge on any atom is -0.372 e. The quantitative estimate of drug-likeness (QED) is 0.895. The number of amides is 1. The highest BCUT2D eigenvalue weighted by molar-refractivity contribution is 5.97. The Hall–Kier alpha value is -1.55. The zero-order valence-corrected chi connectivity index (χ0v) is 12.8. The van der Waals surface area contributed by atoms with Gasteiger partial charge in [0.25, 0.3) is 0 Å². The minimum absolute atomic E-state index is 0.0737. The van der Waals surface area contributed by atoms with Crippen molar-refractivity contribution in [3.63, 3.8) is 0 Å². The molecule has 0 spiro atoms. The van der Waals surface area contributed by atoms with Crippen LogP contribution >= 0.6 is 0 Å². The Bertz CT molecular complexity index is 499. The van der Waals surface area contributed by atoms with Crippen LogP contribution in [-0.4, -0.2) is 25.5 Å². The van der Waals surface area contributed by atoms with Crippen molar-refractivity contribution in [2.75, 3.05) is 29.9 Å². The summed E-state index contributed by atoms with van der Waals surface area (Å²) in [6.07, 6.45) is 4.35. The topological polar surface area (TPSA) is 58.4 Å². The Balaban J connectivity index is 1.60. The molecule has 1 aromatic rings. The highest BCUT2D eigenvalue weighted by atomic mass is 16.2. The molecule has 1 saturated heterocycles. The summed E-state index contributed by atoms with van der Waals surface area (Å²) in [6, 6.07) is 8.21. The van der Waals surface area contributed by atoms with Crippen molar-refractivity contribution < 1.29 is 4.79 Å². The zero-order chi connectivity index (χ0) is 14.9. The highest BCUT2D eigenvalue weighted by Gasteiger charge is 2.48. The SMILES string of the molecule is CC1CCN(c2ccc(NC(=O)C3(CN)CC3)cc2)CC1. The van der Waals surface area contributed by atoms with E-state index in [0.717, 1.165) is 37.5 Å². The molecule has 0 radical (unpaired) electrons. The van der Waals surface area contributed by atoms with Gasteiger partial charge in [-0.2, -0.15) is 0 Å². The molecule has 114 valence electrons. The third-order valence-corrected chi connectivity index (χ3v) is 5.00. The zero-order valence-electron chi connectivity index (χ0n) is 12.8. The molecule has 0 bridgehead atoms. The normalized spacial score (nSPS) is 21.1. The second-order valence-corrected chi connectivity index (χ2v) is 6.66. The Kier molecular flexibility index (Phi) is 3.89. The summed E-state index contributed by atoms with van der Waals surface area (Å²) < 4.78 is 0. The minimum atomic E-state index is -0.290. The molecule has 0 atom stereocenters. The lowest BCUT2D eigenvalue weighted by molar-refractivity contribution is -0.120. The summed E-state index contributed by atoms with van der Waals surface area (Å²) in [5.74, 6) is 0.912. The van der Waals surface area contributed by atoms with Crippen molar-refractivity contribution in [1.82, 2.24) is 0 Å². The summed E-state index contributed by atoms with van der Waals surface area (Å²) in [7, 11) is 0. The number of benzene rings is 1. The van der Waals surface area contributed by atoms with Crippen molar-refractivity contribution in [3.05, 3.63) is 24.3 Å². The lowest BCUT2D eigenvalue weighted by atomic mass is 9.99.